The van der Waals surface area contributed by atoms with Gasteiger partial charge < -0.3 is 4.90 Å². The van der Waals surface area contributed by atoms with E-state index in [0.717, 1.165) is 11.1 Å². The Kier molecular flexibility index (Phi) is 6.58. The van der Waals surface area contributed by atoms with Crippen molar-refractivity contribution in [1.29, 1.82) is 0 Å². The van der Waals surface area contributed by atoms with Crippen LogP contribution < -0.4 is 4.72 Å². The van der Waals surface area contributed by atoms with Crippen molar-refractivity contribution in [2.45, 2.75) is 24.8 Å². The zero-order valence-electron chi connectivity index (χ0n) is 14.2. The van der Waals surface area contributed by atoms with E-state index in [4.69, 9.17) is 11.6 Å². The monoisotopic (exact) mass is 380 g/mol. The highest BCUT2D eigenvalue weighted by molar-refractivity contribution is 7.89. The molecule has 2 aromatic carbocycles. The van der Waals surface area contributed by atoms with Crippen LogP contribution in [-0.4, -0.2) is 32.8 Å². The number of hydrogen-bond donors (Lipinski definition) is 1. The van der Waals surface area contributed by atoms with Crippen molar-refractivity contribution in [3.8, 4) is 0 Å². The Hall–Kier alpha value is -1.89. The molecule has 25 heavy (non-hydrogen) atoms. The maximum Gasteiger partial charge on any atom is 0.240 e. The Morgan fingerprint density at radius 3 is 2.56 bits per heavy atom. The van der Waals surface area contributed by atoms with E-state index in [1.54, 1.807) is 24.1 Å². The maximum absolute atomic E-state index is 12.2. The van der Waals surface area contributed by atoms with Crippen molar-refractivity contribution in [2.24, 2.45) is 0 Å². The number of rotatable bonds is 7. The molecule has 0 unspecified atom stereocenters. The SMILES string of the molecule is Cc1ccccc1CN(C)C(=O)CCNS(=O)(=O)c1cccc(Cl)c1. The minimum atomic E-state index is -3.67. The van der Waals surface area contributed by atoms with Gasteiger partial charge in [0.15, 0.2) is 0 Å². The summed E-state index contributed by atoms with van der Waals surface area (Å²) in [5, 5.41) is 0.344. The maximum atomic E-state index is 12.2. The molecule has 0 radical (unpaired) electrons. The van der Waals surface area contributed by atoms with E-state index in [-0.39, 0.29) is 23.8 Å². The van der Waals surface area contributed by atoms with Crippen LogP contribution in [0.15, 0.2) is 53.4 Å². The quantitative estimate of drug-likeness (QED) is 0.803. The van der Waals surface area contributed by atoms with Crippen molar-refractivity contribution in [2.75, 3.05) is 13.6 Å². The van der Waals surface area contributed by atoms with Crippen LogP contribution >= 0.6 is 11.6 Å². The summed E-state index contributed by atoms with van der Waals surface area (Å²) in [6.07, 6.45) is 0.0855. The molecule has 0 aliphatic heterocycles. The van der Waals surface area contributed by atoms with Crippen LogP contribution in [0.4, 0.5) is 0 Å². The summed E-state index contributed by atoms with van der Waals surface area (Å²) in [5.41, 5.74) is 2.18. The van der Waals surface area contributed by atoms with Crippen LogP contribution in [0.2, 0.25) is 5.02 Å². The highest BCUT2D eigenvalue weighted by Crippen LogP contribution is 2.15. The fourth-order valence-electron chi connectivity index (χ4n) is 2.33. The van der Waals surface area contributed by atoms with Gasteiger partial charge in [0.2, 0.25) is 15.9 Å². The summed E-state index contributed by atoms with van der Waals surface area (Å²) in [5.74, 6) is -0.128. The molecule has 134 valence electrons. The van der Waals surface area contributed by atoms with Crippen LogP contribution in [0.1, 0.15) is 17.5 Å². The van der Waals surface area contributed by atoms with Gasteiger partial charge in [-0.05, 0) is 36.2 Å². The molecule has 0 aliphatic rings. The predicted molar refractivity (Wildman–Crippen MR) is 98.9 cm³/mol. The first-order chi connectivity index (χ1) is 11.8. The van der Waals surface area contributed by atoms with Crippen LogP contribution in [0.5, 0.6) is 0 Å². The number of aryl methyl sites for hydroxylation is 1. The number of hydrogen-bond acceptors (Lipinski definition) is 3. The minimum Gasteiger partial charge on any atom is -0.341 e. The van der Waals surface area contributed by atoms with Crippen LogP contribution in [0, 0.1) is 6.92 Å². The van der Waals surface area contributed by atoms with Gasteiger partial charge in [0.25, 0.3) is 0 Å². The van der Waals surface area contributed by atoms with Gasteiger partial charge in [-0.1, -0.05) is 41.9 Å². The smallest absolute Gasteiger partial charge is 0.240 e. The van der Waals surface area contributed by atoms with E-state index in [2.05, 4.69) is 4.72 Å². The van der Waals surface area contributed by atoms with Crippen molar-refractivity contribution in [1.82, 2.24) is 9.62 Å². The molecule has 2 aromatic rings. The zero-order valence-corrected chi connectivity index (χ0v) is 15.8. The molecule has 0 aromatic heterocycles. The molecule has 0 saturated carbocycles. The summed E-state index contributed by atoms with van der Waals surface area (Å²) in [6.45, 7) is 2.52. The number of nitrogens with one attached hydrogen (secondary N) is 1. The Labute approximate surface area is 153 Å². The third kappa shape index (κ3) is 5.56. The summed E-state index contributed by atoms with van der Waals surface area (Å²) < 4.78 is 26.8. The van der Waals surface area contributed by atoms with E-state index in [9.17, 15) is 13.2 Å². The number of sulfonamides is 1. The summed E-state index contributed by atoms with van der Waals surface area (Å²) in [6, 6.07) is 13.8. The molecule has 2 rings (SSSR count). The second kappa shape index (κ2) is 8.47. The Morgan fingerprint density at radius 1 is 1.16 bits per heavy atom. The first kappa shape index (κ1) is 19.4. The molecule has 0 aliphatic carbocycles. The van der Waals surface area contributed by atoms with Crippen molar-refractivity contribution in [3.63, 3.8) is 0 Å². The molecule has 1 N–H and O–H groups in total. The van der Waals surface area contributed by atoms with Gasteiger partial charge in [0.05, 0.1) is 4.90 Å². The van der Waals surface area contributed by atoms with Crippen molar-refractivity contribution in [3.05, 3.63) is 64.7 Å². The number of amides is 1. The van der Waals surface area contributed by atoms with Crippen molar-refractivity contribution < 1.29 is 13.2 Å². The highest BCUT2D eigenvalue weighted by Gasteiger charge is 2.16. The molecule has 0 saturated heterocycles. The number of halogens is 1. The largest absolute Gasteiger partial charge is 0.341 e. The van der Waals surface area contributed by atoms with E-state index >= 15 is 0 Å². The standard InChI is InChI=1S/C18H21ClN2O3S/c1-14-6-3-4-7-15(14)13-21(2)18(22)10-11-20-25(23,24)17-9-5-8-16(19)12-17/h3-9,12,20H,10-11,13H2,1-2H3. The van der Waals surface area contributed by atoms with E-state index in [1.165, 1.54) is 12.1 Å². The first-order valence-electron chi connectivity index (χ1n) is 7.83. The molecule has 0 heterocycles. The average molecular weight is 381 g/mol. The number of nitrogens with zero attached hydrogens (tertiary/aromatic N) is 1. The van der Waals surface area contributed by atoms with Gasteiger partial charge in [-0.2, -0.15) is 0 Å². The molecule has 0 bridgehead atoms. The molecule has 1 amide bonds. The lowest BCUT2D eigenvalue weighted by Gasteiger charge is -2.18. The Morgan fingerprint density at radius 2 is 1.88 bits per heavy atom. The average Bonchev–Trinajstić information content (AvgIpc) is 2.56. The van der Waals surface area contributed by atoms with Gasteiger partial charge in [-0.3, -0.25) is 4.79 Å². The fourth-order valence-corrected chi connectivity index (χ4v) is 3.66. The molecular formula is C18H21ClN2O3S. The van der Waals surface area contributed by atoms with Crippen LogP contribution in [-0.2, 0) is 21.4 Å². The molecule has 5 nitrogen and oxygen atoms in total. The van der Waals surface area contributed by atoms with E-state index < -0.39 is 10.0 Å². The van der Waals surface area contributed by atoms with Gasteiger partial charge in [0, 0.05) is 31.6 Å². The number of carbonyl (C=O) groups excluding carboxylic acids is 1. The lowest BCUT2D eigenvalue weighted by Crippen LogP contribution is -2.32. The van der Waals surface area contributed by atoms with Crippen LogP contribution in [0.25, 0.3) is 0 Å². The minimum absolute atomic E-state index is 0.0335. The van der Waals surface area contributed by atoms with Gasteiger partial charge >= 0.3 is 0 Å². The van der Waals surface area contributed by atoms with Crippen LogP contribution in [0.3, 0.4) is 0 Å². The van der Waals surface area contributed by atoms with Gasteiger partial charge in [-0.25, -0.2) is 13.1 Å². The predicted octanol–water partition coefficient (Wildman–Crippen LogP) is 2.98. The van der Waals surface area contributed by atoms with Gasteiger partial charge in [-0.15, -0.1) is 0 Å². The first-order valence-corrected chi connectivity index (χ1v) is 9.69. The van der Waals surface area contributed by atoms with Crippen molar-refractivity contribution >= 4 is 27.5 Å². The molecule has 0 fully saturated rings. The fraction of sp³-hybridized carbons (Fsp3) is 0.278. The second-order valence-corrected chi connectivity index (χ2v) is 7.98. The highest BCUT2D eigenvalue weighted by atomic mass is 35.5. The molecule has 0 spiro atoms. The number of carbonyl (C=O) groups is 1. The normalized spacial score (nSPS) is 11.3. The summed E-state index contributed by atoms with van der Waals surface area (Å²) in [4.78, 5) is 13.9. The topological polar surface area (TPSA) is 66.5 Å². The Balaban J connectivity index is 1.88. The summed E-state index contributed by atoms with van der Waals surface area (Å²) in [7, 11) is -1.97. The summed E-state index contributed by atoms with van der Waals surface area (Å²) >= 11 is 5.81. The molecule has 7 heteroatoms. The lowest BCUT2D eigenvalue weighted by atomic mass is 10.1. The number of benzene rings is 2. The Bertz CT molecular complexity index is 853. The van der Waals surface area contributed by atoms with E-state index in [0.29, 0.717) is 11.6 Å². The lowest BCUT2D eigenvalue weighted by molar-refractivity contribution is -0.130. The molecule has 0 atom stereocenters. The van der Waals surface area contributed by atoms with E-state index in [1.807, 2.05) is 31.2 Å². The second-order valence-electron chi connectivity index (χ2n) is 5.78. The molecular weight excluding hydrogens is 360 g/mol. The third-order valence-corrected chi connectivity index (χ3v) is 5.53. The van der Waals surface area contributed by atoms with Gasteiger partial charge in [0.1, 0.15) is 0 Å². The zero-order chi connectivity index (χ0) is 18.4. The third-order valence-electron chi connectivity index (χ3n) is 3.83.